The van der Waals surface area contributed by atoms with Gasteiger partial charge in [0.25, 0.3) is 0 Å². The number of aliphatic hydroxyl groups is 1. The molecule has 0 radical (unpaired) electrons. The molecule has 5 rings (SSSR count). The third-order valence-electron chi connectivity index (χ3n) is 6.81. The van der Waals surface area contributed by atoms with Crippen LogP contribution < -0.4 is 9.80 Å². The second kappa shape index (κ2) is 5.54. The van der Waals surface area contributed by atoms with E-state index in [1.807, 2.05) is 6.20 Å². The van der Waals surface area contributed by atoms with Crippen LogP contribution in [0.1, 0.15) is 51.3 Å². The van der Waals surface area contributed by atoms with Gasteiger partial charge in [-0.05, 0) is 25.0 Å². The van der Waals surface area contributed by atoms with Crippen molar-refractivity contribution >= 4 is 0 Å². The lowest BCUT2D eigenvalue weighted by Crippen LogP contribution is -3.41. The molecule has 4 nitrogen and oxygen atoms in total. The minimum absolute atomic E-state index is 0.0998. The summed E-state index contributed by atoms with van der Waals surface area (Å²) in [4.78, 5) is 7.75. The molecule has 4 fully saturated rings. The van der Waals surface area contributed by atoms with E-state index in [2.05, 4.69) is 37.2 Å². The Morgan fingerprint density at radius 3 is 2.09 bits per heavy atom. The van der Waals surface area contributed by atoms with E-state index in [-0.39, 0.29) is 16.9 Å². The highest BCUT2D eigenvalue weighted by atomic mass is 16.3. The van der Waals surface area contributed by atoms with Gasteiger partial charge < -0.3 is 5.11 Å². The van der Waals surface area contributed by atoms with E-state index in [0.717, 1.165) is 26.2 Å². The third-order valence-corrected chi connectivity index (χ3v) is 6.81. The van der Waals surface area contributed by atoms with E-state index in [0.29, 0.717) is 6.17 Å². The molecular formula is C19H31N3O+2. The standard InChI is InChI=1S/C19H29N3O/c1-3-7-18-11-21-13-19(8-4-2,17(18)23)14-22(12-18)16(21)15-6-5-9-20-10-15/h5-6,9-10,16-17,23H,3-4,7-8,11-14H2,1-2H3/p+2. The summed E-state index contributed by atoms with van der Waals surface area (Å²) in [5.74, 6) is 0. The van der Waals surface area contributed by atoms with Gasteiger partial charge in [0.1, 0.15) is 0 Å². The Kier molecular flexibility index (Phi) is 3.74. The highest BCUT2D eigenvalue weighted by Crippen LogP contribution is 2.45. The van der Waals surface area contributed by atoms with Gasteiger partial charge in [0.15, 0.2) is 0 Å². The molecule has 23 heavy (non-hydrogen) atoms. The zero-order valence-electron chi connectivity index (χ0n) is 14.5. The quantitative estimate of drug-likeness (QED) is 0.706. The van der Waals surface area contributed by atoms with Gasteiger partial charge in [0, 0.05) is 12.4 Å². The van der Waals surface area contributed by atoms with Gasteiger partial charge in [0.2, 0.25) is 6.17 Å². The summed E-state index contributed by atoms with van der Waals surface area (Å²) >= 11 is 0. The van der Waals surface area contributed by atoms with Crippen LogP contribution in [0.15, 0.2) is 24.5 Å². The van der Waals surface area contributed by atoms with Gasteiger partial charge in [0.05, 0.1) is 48.7 Å². The molecule has 0 spiro atoms. The molecule has 4 bridgehead atoms. The van der Waals surface area contributed by atoms with Gasteiger partial charge in [-0.2, -0.15) is 0 Å². The predicted octanol–water partition coefficient (Wildman–Crippen LogP) is -0.175. The van der Waals surface area contributed by atoms with Crippen LogP contribution in [0, 0.1) is 10.8 Å². The van der Waals surface area contributed by atoms with E-state index >= 15 is 0 Å². The van der Waals surface area contributed by atoms with Crippen LogP contribution in [-0.2, 0) is 0 Å². The van der Waals surface area contributed by atoms with Crippen molar-refractivity contribution in [3.05, 3.63) is 30.1 Å². The number of pyridine rings is 1. The van der Waals surface area contributed by atoms with Crippen molar-refractivity contribution in [2.24, 2.45) is 10.8 Å². The fourth-order valence-electron chi connectivity index (χ4n) is 6.43. The molecule has 4 aliphatic rings. The number of nitrogens with one attached hydrogen (secondary N) is 2. The van der Waals surface area contributed by atoms with Crippen molar-refractivity contribution in [2.75, 3.05) is 26.2 Å². The Morgan fingerprint density at radius 1 is 1.09 bits per heavy atom. The molecule has 4 heteroatoms. The van der Waals surface area contributed by atoms with Crippen LogP contribution in [-0.4, -0.2) is 42.4 Å². The maximum absolute atomic E-state index is 11.3. The highest BCUT2D eigenvalue weighted by molar-refractivity contribution is 5.12. The van der Waals surface area contributed by atoms with Crippen LogP contribution >= 0.6 is 0 Å². The maximum atomic E-state index is 11.3. The number of hydrogen-bond acceptors (Lipinski definition) is 2. The molecule has 126 valence electrons. The predicted molar refractivity (Wildman–Crippen MR) is 89.1 cm³/mol. The van der Waals surface area contributed by atoms with E-state index in [1.165, 1.54) is 31.2 Å². The Balaban J connectivity index is 1.72. The number of piperidine rings is 2. The van der Waals surface area contributed by atoms with Crippen molar-refractivity contribution in [3.8, 4) is 0 Å². The topological polar surface area (TPSA) is 42.0 Å². The lowest BCUT2D eigenvalue weighted by atomic mass is 9.56. The Morgan fingerprint density at radius 2 is 1.65 bits per heavy atom. The molecule has 0 amide bonds. The fraction of sp³-hybridized carbons (Fsp3) is 0.737. The number of rotatable bonds is 5. The van der Waals surface area contributed by atoms with Crippen LogP contribution in [0.25, 0.3) is 0 Å². The van der Waals surface area contributed by atoms with E-state index in [9.17, 15) is 5.11 Å². The summed E-state index contributed by atoms with van der Waals surface area (Å²) in [7, 11) is 0. The molecule has 0 atom stereocenters. The van der Waals surface area contributed by atoms with Crippen LogP contribution in [0.5, 0.6) is 0 Å². The van der Waals surface area contributed by atoms with Crippen molar-refractivity contribution in [3.63, 3.8) is 0 Å². The minimum atomic E-state index is -0.0998. The Bertz CT molecular complexity index is 519. The average molecular weight is 317 g/mol. The Labute approximate surface area is 139 Å². The summed E-state index contributed by atoms with van der Waals surface area (Å²) in [6, 6.07) is 4.31. The molecule has 0 aliphatic carbocycles. The Hall–Kier alpha value is -0.970. The molecule has 1 aromatic rings. The minimum Gasteiger partial charge on any atom is -0.391 e. The van der Waals surface area contributed by atoms with Gasteiger partial charge in [-0.1, -0.05) is 26.7 Å². The normalized spacial score (nSPS) is 44.7. The molecule has 4 saturated heterocycles. The highest BCUT2D eigenvalue weighted by Gasteiger charge is 2.70. The molecule has 1 aromatic heterocycles. The third kappa shape index (κ3) is 2.19. The summed E-state index contributed by atoms with van der Waals surface area (Å²) in [6.07, 6.45) is 9.05. The van der Waals surface area contributed by atoms with Crippen LogP contribution in [0.4, 0.5) is 0 Å². The van der Waals surface area contributed by atoms with Crippen molar-refractivity contribution < 1.29 is 14.9 Å². The van der Waals surface area contributed by atoms with E-state index < -0.39 is 0 Å². The van der Waals surface area contributed by atoms with Gasteiger partial charge >= 0.3 is 0 Å². The molecular weight excluding hydrogens is 286 g/mol. The number of aromatic nitrogens is 1. The van der Waals surface area contributed by atoms with Crippen LogP contribution in [0.2, 0.25) is 0 Å². The van der Waals surface area contributed by atoms with Gasteiger partial charge in [-0.3, -0.25) is 14.8 Å². The molecule has 0 unspecified atom stereocenters. The SMILES string of the molecule is CCCC12C[NH+]3CC(CCC)(C[NH+](C1)C3c1cccnc1)C2O. The maximum Gasteiger partial charge on any atom is 0.241 e. The van der Waals surface area contributed by atoms with Crippen molar-refractivity contribution in [1.82, 2.24) is 4.98 Å². The lowest BCUT2D eigenvalue weighted by molar-refractivity contribution is -1.19. The summed E-state index contributed by atoms with van der Waals surface area (Å²) in [5.41, 5.74) is 1.66. The first-order valence-corrected chi connectivity index (χ1v) is 9.41. The van der Waals surface area contributed by atoms with Crippen LogP contribution in [0.3, 0.4) is 0 Å². The van der Waals surface area contributed by atoms with Crippen molar-refractivity contribution in [1.29, 1.82) is 0 Å². The zero-order valence-corrected chi connectivity index (χ0v) is 14.5. The first kappa shape index (κ1) is 15.6. The number of quaternary nitrogens is 2. The molecule has 5 heterocycles. The van der Waals surface area contributed by atoms with E-state index in [1.54, 1.807) is 9.80 Å². The first-order valence-electron chi connectivity index (χ1n) is 9.41. The summed E-state index contributed by atoms with van der Waals surface area (Å²) in [5, 5.41) is 11.3. The second-order valence-electron chi connectivity index (χ2n) is 8.37. The lowest BCUT2D eigenvalue weighted by Gasteiger charge is -2.64. The first-order chi connectivity index (χ1) is 11.1. The largest absolute Gasteiger partial charge is 0.391 e. The van der Waals surface area contributed by atoms with E-state index in [4.69, 9.17) is 0 Å². The molecule has 3 N–H and O–H groups in total. The monoisotopic (exact) mass is 317 g/mol. The molecule has 0 saturated carbocycles. The smallest absolute Gasteiger partial charge is 0.241 e. The van der Waals surface area contributed by atoms with Crippen molar-refractivity contribution in [2.45, 2.75) is 51.8 Å². The van der Waals surface area contributed by atoms with Gasteiger partial charge in [-0.25, -0.2) is 0 Å². The number of aliphatic hydroxyl groups excluding tert-OH is 1. The summed E-state index contributed by atoms with van der Waals surface area (Å²) in [6.45, 7) is 9.08. The zero-order chi connectivity index (χ0) is 16.1. The molecule has 0 aromatic carbocycles. The summed E-state index contributed by atoms with van der Waals surface area (Å²) < 4.78 is 0. The number of hydrogen-bond donors (Lipinski definition) is 3. The number of nitrogens with zero attached hydrogens (tertiary/aromatic N) is 1. The fourth-order valence-corrected chi connectivity index (χ4v) is 6.43. The van der Waals surface area contributed by atoms with Gasteiger partial charge in [-0.15, -0.1) is 0 Å². The second-order valence-corrected chi connectivity index (χ2v) is 8.37. The molecule has 4 aliphatic heterocycles. The average Bonchev–Trinajstić information content (AvgIpc) is 2.53.